The highest BCUT2D eigenvalue weighted by molar-refractivity contribution is 7.98. The molecule has 0 amide bonds. The van der Waals surface area contributed by atoms with Crippen LogP contribution in [0.5, 0.6) is 0 Å². The molecule has 9 heteroatoms. The number of hydrogen-bond donors (Lipinski definition) is 2. The largest absolute Gasteiger partial charge is 0.368 e. The van der Waals surface area contributed by atoms with Crippen LogP contribution in [0.25, 0.3) is 0 Å². The minimum atomic E-state index is 0.189. The lowest BCUT2D eigenvalue weighted by Gasteiger charge is -2.11. The fourth-order valence-corrected chi connectivity index (χ4v) is 4.29. The maximum atomic E-state index is 5.95. The molecule has 0 saturated carbocycles. The number of nitrogens with zero attached hydrogens (tertiary/aromatic N) is 6. The first-order valence-corrected chi connectivity index (χ1v) is 11.6. The first-order chi connectivity index (χ1) is 15.7. The van der Waals surface area contributed by atoms with E-state index in [2.05, 4.69) is 67.1 Å². The highest BCUT2D eigenvalue weighted by Crippen LogP contribution is 2.24. The summed E-state index contributed by atoms with van der Waals surface area (Å²) in [7, 11) is 0. The molecule has 8 nitrogen and oxygen atoms in total. The zero-order valence-electron chi connectivity index (χ0n) is 18.2. The van der Waals surface area contributed by atoms with E-state index in [0.29, 0.717) is 17.5 Å². The predicted octanol–water partition coefficient (Wildman–Crippen LogP) is 4.25. The van der Waals surface area contributed by atoms with Crippen LogP contribution < -0.4 is 11.1 Å². The number of aryl methyl sites for hydroxylation is 1. The third-order valence-electron chi connectivity index (χ3n) is 4.99. The average molecular weight is 447 g/mol. The van der Waals surface area contributed by atoms with Crippen LogP contribution >= 0.6 is 11.8 Å². The van der Waals surface area contributed by atoms with Crippen molar-refractivity contribution in [2.45, 2.75) is 44.1 Å². The van der Waals surface area contributed by atoms with Crippen molar-refractivity contribution >= 4 is 29.3 Å². The Hall–Kier alpha value is -3.46. The van der Waals surface area contributed by atoms with Crippen molar-refractivity contribution in [1.82, 2.24) is 29.7 Å². The first kappa shape index (κ1) is 21.8. The van der Waals surface area contributed by atoms with Crippen molar-refractivity contribution in [2.24, 2.45) is 0 Å². The van der Waals surface area contributed by atoms with Crippen molar-refractivity contribution in [3.05, 3.63) is 77.4 Å². The summed E-state index contributed by atoms with van der Waals surface area (Å²) >= 11 is 1.54. The summed E-state index contributed by atoms with van der Waals surface area (Å²) in [6, 6.07) is 18.4. The molecule has 0 bridgehead atoms. The lowest BCUT2D eigenvalue weighted by atomic mass is 10.1. The molecule has 0 radical (unpaired) electrons. The zero-order valence-corrected chi connectivity index (χ0v) is 19.0. The molecular formula is C23H26N8S. The van der Waals surface area contributed by atoms with E-state index in [1.165, 1.54) is 11.1 Å². The van der Waals surface area contributed by atoms with Crippen LogP contribution in [0.2, 0.25) is 0 Å². The topological polar surface area (TPSA) is 107 Å². The lowest BCUT2D eigenvalue weighted by Crippen LogP contribution is -2.08. The van der Waals surface area contributed by atoms with Gasteiger partial charge in [0.05, 0.1) is 5.75 Å². The Kier molecular flexibility index (Phi) is 6.96. The van der Waals surface area contributed by atoms with Gasteiger partial charge in [-0.25, -0.2) is 0 Å². The number of para-hydroxylation sites is 1. The summed E-state index contributed by atoms with van der Waals surface area (Å²) in [5, 5.41) is 12.9. The van der Waals surface area contributed by atoms with Gasteiger partial charge in [-0.15, -0.1) is 10.2 Å². The number of rotatable bonds is 9. The van der Waals surface area contributed by atoms with E-state index in [1.807, 2.05) is 36.4 Å². The smallest absolute Gasteiger partial charge is 0.232 e. The quantitative estimate of drug-likeness (QED) is 0.367. The van der Waals surface area contributed by atoms with E-state index in [4.69, 9.17) is 5.73 Å². The predicted molar refractivity (Wildman–Crippen MR) is 128 cm³/mol. The van der Waals surface area contributed by atoms with Gasteiger partial charge < -0.3 is 15.6 Å². The van der Waals surface area contributed by atoms with Gasteiger partial charge in [0, 0.05) is 18.7 Å². The number of hydrogen-bond acceptors (Lipinski definition) is 8. The Morgan fingerprint density at radius 3 is 2.50 bits per heavy atom. The van der Waals surface area contributed by atoms with Crippen LogP contribution in [0.4, 0.5) is 17.6 Å². The van der Waals surface area contributed by atoms with E-state index >= 15 is 0 Å². The highest BCUT2D eigenvalue weighted by atomic mass is 32.2. The van der Waals surface area contributed by atoms with Gasteiger partial charge in [0.2, 0.25) is 11.9 Å². The number of anilines is 3. The van der Waals surface area contributed by atoms with Gasteiger partial charge in [-0.2, -0.15) is 15.0 Å². The average Bonchev–Trinajstić information content (AvgIpc) is 3.19. The van der Waals surface area contributed by atoms with Crippen LogP contribution in [0.15, 0.2) is 59.8 Å². The normalized spacial score (nSPS) is 10.9. The van der Waals surface area contributed by atoms with Gasteiger partial charge in [-0.3, -0.25) is 0 Å². The molecule has 4 aromatic rings. The van der Waals surface area contributed by atoms with Gasteiger partial charge in [0.1, 0.15) is 11.6 Å². The van der Waals surface area contributed by atoms with E-state index in [0.717, 1.165) is 36.1 Å². The molecule has 3 N–H and O–H groups in total. The number of nitrogens with two attached hydrogens (primary N) is 1. The number of nitrogens with one attached hydrogen (secondary N) is 1. The number of nitrogen functional groups attached to an aromatic ring is 1. The summed E-state index contributed by atoms with van der Waals surface area (Å²) in [5.74, 6) is 2.67. The number of benzene rings is 2. The van der Waals surface area contributed by atoms with Crippen LogP contribution in [0.3, 0.4) is 0 Å². The highest BCUT2D eigenvalue weighted by Gasteiger charge is 2.14. The summed E-state index contributed by atoms with van der Waals surface area (Å²) in [4.78, 5) is 13.1. The summed E-state index contributed by atoms with van der Waals surface area (Å²) in [6.45, 7) is 4.99. The molecule has 32 heavy (non-hydrogen) atoms. The molecule has 2 aromatic heterocycles. The summed E-state index contributed by atoms with van der Waals surface area (Å²) < 4.78 is 2.12. The molecule has 0 aliphatic rings. The second-order valence-corrected chi connectivity index (χ2v) is 8.11. The molecule has 0 saturated heterocycles. The van der Waals surface area contributed by atoms with Gasteiger partial charge in [-0.05, 0) is 30.5 Å². The fraction of sp³-hybridized carbons (Fsp3) is 0.261. The van der Waals surface area contributed by atoms with Gasteiger partial charge in [0.15, 0.2) is 5.16 Å². The van der Waals surface area contributed by atoms with Crippen LogP contribution in [-0.2, 0) is 25.1 Å². The van der Waals surface area contributed by atoms with Gasteiger partial charge in [0.25, 0.3) is 0 Å². The minimum Gasteiger partial charge on any atom is -0.368 e. The van der Waals surface area contributed by atoms with Crippen molar-refractivity contribution in [3.63, 3.8) is 0 Å². The molecule has 0 fully saturated rings. The van der Waals surface area contributed by atoms with E-state index in [-0.39, 0.29) is 5.95 Å². The van der Waals surface area contributed by atoms with Crippen molar-refractivity contribution in [3.8, 4) is 0 Å². The molecule has 2 heterocycles. The second kappa shape index (κ2) is 10.2. The molecule has 0 atom stereocenters. The molecular weight excluding hydrogens is 420 g/mol. The van der Waals surface area contributed by atoms with Crippen molar-refractivity contribution in [1.29, 1.82) is 0 Å². The monoisotopic (exact) mass is 446 g/mol. The molecule has 0 aliphatic carbocycles. The fourth-order valence-electron chi connectivity index (χ4n) is 3.41. The molecule has 0 aliphatic heterocycles. The van der Waals surface area contributed by atoms with Gasteiger partial charge >= 0.3 is 0 Å². The molecule has 2 aromatic carbocycles. The zero-order chi connectivity index (χ0) is 22.3. The number of aromatic nitrogens is 6. The van der Waals surface area contributed by atoms with E-state index in [1.54, 1.807) is 11.8 Å². The Labute approximate surface area is 191 Å². The van der Waals surface area contributed by atoms with Crippen LogP contribution in [0, 0.1) is 0 Å². The van der Waals surface area contributed by atoms with Crippen LogP contribution in [0.1, 0.15) is 36.6 Å². The summed E-state index contributed by atoms with van der Waals surface area (Å²) in [5.41, 5.74) is 9.31. The molecule has 0 unspecified atom stereocenters. The lowest BCUT2D eigenvalue weighted by molar-refractivity contribution is 0.651. The van der Waals surface area contributed by atoms with Crippen molar-refractivity contribution < 1.29 is 0 Å². The third kappa shape index (κ3) is 5.23. The Bertz CT molecular complexity index is 1180. The molecule has 164 valence electrons. The minimum absolute atomic E-state index is 0.189. The van der Waals surface area contributed by atoms with E-state index in [9.17, 15) is 0 Å². The molecule has 0 spiro atoms. The Morgan fingerprint density at radius 1 is 0.938 bits per heavy atom. The second-order valence-electron chi connectivity index (χ2n) is 7.16. The van der Waals surface area contributed by atoms with Crippen molar-refractivity contribution in [2.75, 3.05) is 11.1 Å². The van der Waals surface area contributed by atoms with Gasteiger partial charge in [-0.1, -0.05) is 67.2 Å². The SMILES string of the molecule is CCc1ccccc1Nc1nc(N)nc(CSc2nnc(Cc3ccccc3)n2CC)n1. The Balaban J connectivity index is 1.48. The van der Waals surface area contributed by atoms with Crippen LogP contribution in [-0.4, -0.2) is 29.7 Å². The number of thioether (sulfide) groups is 1. The van der Waals surface area contributed by atoms with E-state index < -0.39 is 0 Å². The first-order valence-electron chi connectivity index (χ1n) is 10.6. The third-order valence-corrected chi connectivity index (χ3v) is 5.95. The Morgan fingerprint density at radius 2 is 1.72 bits per heavy atom. The molecule has 4 rings (SSSR count). The maximum Gasteiger partial charge on any atom is 0.232 e. The summed E-state index contributed by atoms with van der Waals surface area (Å²) in [6.07, 6.45) is 1.65. The maximum absolute atomic E-state index is 5.95. The standard InChI is InChI=1S/C23H26N8S/c1-3-17-12-8-9-13-18(17)25-22-27-19(26-21(24)28-22)15-32-23-30-29-20(31(23)4-2)14-16-10-6-5-7-11-16/h5-13H,3-4,14-15H2,1-2H3,(H3,24,25,26,27,28).